The van der Waals surface area contributed by atoms with Gasteiger partial charge in [0.2, 0.25) is 0 Å². The highest BCUT2D eigenvalue weighted by Crippen LogP contribution is 2.43. The minimum Gasteiger partial charge on any atom is -0.490 e. The van der Waals surface area contributed by atoms with E-state index in [9.17, 15) is 0 Å². The smallest absolute Gasteiger partial charge is 0.174 e. The number of thiocarbonyl (C=S) groups is 1. The van der Waals surface area contributed by atoms with Crippen LogP contribution in [-0.2, 0) is 0 Å². The van der Waals surface area contributed by atoms with Crippen LogP contribution in [0.4, 0.5) is 5.69 Å². The van der Waals surface area contributed by atoms with Crippen molar-refractivity contribution >= 4 is 34.6 Å². The number of pyridine rings is 1. The third kappa shape index (κ3) is 4.59. The fourth-order valence-corrected chi connectivity index (χ4v) is 5.56. The van der Waals surface area contributed by atoms with Gasteiger partial charge in [-0.2, -0.15) is 0 Å². The first-order valence-corrected chi connectivity index (χ1v) is 13.1. The number of halogens is 1. The molecule has 6 rings (SSSR count). The molecule has 2 unspecified atom stereocenters. The van der Waals surface area contributed by atoms with Crippen molar-refractivity contribution in [2.24, 2.45) is 0 Å². The maximum atomic E-state index is 6.42. The van der Waals surface area contributed by atoms with Gasteiger partial charge in [0.05, 0.1) is 17.8 Å². The van der Waals surface area contributed by atoms with Gasteiger partial charge >= 0.3 is 0 Å². The normalized spacial score (nSPS) is 20.0. The lowest BCUT2D eigenvalue weighted by Crippen LogP contribution is -2.29. The van der Waals surface area contributed by atoms with Crippen molar-refractivity contribution in [3.63, 3.8) is 0 Å². The molecule has 1 saturated carbocycles. The van der Waals surface area contributed by atoms with Crippen LogP contribution in [0, 0.1) is 0 Å². The van der Waals surface area contributed by atoms with E-state index in [0.717, 1.165) is 47.1 Å². The Morgan fingerprint density at radius 2 is 1.72 bits per heavy atom. The molecule has 2 aliphatic rings. The number of hydrogen-bond donors (Lipinski definition) is 1. The summed E-state index contributed by atoms with van der Waals surface area (Å²) in [5.41, 5.74) is 2.84. The van der Waals surface area contributed by atoms with Crippen LogP contribution in [0.1, 0.15) is 49.2 Å². The monoisotopic (exact) mass is 515 g/mol. The van der Waals surface area contributed by atoms with Gasteiger partial charge in [0.25, 0.3) is 0 Å². The fraction of sp³-hybridized carbons (Fsp3) is 0.241. The quantitative estimate of drug-likeness (QED) is 0.268. The average Bonchev–Trinajstić information content (AvgIpc) is 3.66. The molecule has 1 N–H and O–H groups in total. The number of ether oxygens (including phenoxy) is 1. The third-order valence-electron chi connectivity index (χ3n) is 6.86. The molecule has 0 amide bonds. The summed E-state index contributed by atoms with van der Waals surface area (Å²) in [6.07, 6.45) is 6.87. The Balaban J connectivity index is 1.34. The highest BCUT2D eigenvalue weighted by molar-refractivity contribution is 7.80. The van der Waals surface area contributed by atoms with E-state index in [1.807, 2.05) is 66.7 Å². The number of rotatable bonds is 6. The molecule has 4 aromatic rings. The zero-order valence-electron chi connectivity index (χ0n) is 19.6. The standard InChI is InChI=1S/C29H26ClN3O2S/c30-20-10-8-19(9-11-20)25-16-17-26(35-25)28-27(24-7-3-4-18-31-24)32-29(36)33(28)21-12-14-23(15-13-21)34-22-5-1-2-6-22/h3-4,7-18,22,27-28H,1-2,5-6H2,(H,32,36). The number of hydrogen-bond acceptors (Lipinski definition) is 4. The van der Waals surface area contributed by atoms with E-state index in [4.69, 9.17) is 33.0 Å². The Morgan fingerprint density at radius 3 is 2.44 bits per heavy atom. The van der Waals surface area contributed by atoms with E-state index in [1.54, 1.807) is 6.20 Å². The maximum Gasteiger partial charge on any atom is 0.174 e. The van der Waals surface area contributed by atoms with Crippen molar-refractivity contribution in [3.05, 3.63) is 102 Å². The lowest BCUT2D eigenvalue weighted by atomic mass is 10.0. The Kier molecular flexibility index (Phi) is 6.38. The lowest BCUT2D eigenvalue weighted by molar-refractivity contribution is 0.210. The van der Waals surface area contributed by atoms with Crippen molar-refractivity contribution in [2.75, 3.05) is 4.90 Å². The highest BCUT2D eigenvalue weighted by Gasteiger charge is 2.42. The second-order valence-electron chi connectivity index (χ2n) is 9.22. The number of aromatic nitrogens is 1. The minimum absolute atomic E-state index is 0.169. The van der Waals surface area contributed by atoms with Crippen LogP contribution in [0.3, 0.4) is 0 Å². The molecule has 36 heavy (non-hydrogen) atoms. The van der Waals surface area contributed by atoms with Gasteiger partial charge in [0, 0.05) is 22.5 Å². The molecule has 2 atom stereocenters. The molecule has 0 radical (unpaired) electrons. The molecule has 2 aromatic heterocycles. The minimum atomic E-state index is -0.213. The van der Waals surface area contributed by atoms with Gasteiger partial charge in [0.15, 0.2) is 5.11 Å². The fourth-order valence-electron chi connectivity index (χ4n) is 5.09. The van der Waals surface area contributed by atoms with Crippen LogP contribution in [0.25, 0.3) is 11.3 Å². The van der Waals surface area contributed by atoms with Crippen molar-refractivity contribution in [2.45, 2.75) is 43.9 Å². The summed E-state index contributed by atoms with van der Waals surface area (Å²) in [6.45, 7) is 0. The summed E-state index contributed by atoms with van der Waals surface area (Å²) >= 11 is 11.9. The van der Waals surface area contributed by atoms with Crippen LogP contribution in [0.15, 0.2) is 89.5 Å². The van der Waals surface area contributed by atoms with E-state index in [-0.39, 0.29) is 12.1 Å². The summed E-state index contributed by atoms with van der Waals surface area (Å²) in [7, 11) is 0. The summed E-state index contributed by atoms with van der Waals surface area (Å²) in [5.74, 6) is 2.47. The molecular weight excluding hydrogens is 490 g/mol. The van der Waals surface area contributed by atoms with Gasteiger partial charge in [0.1, 0.15) is 23.3 Å². The maximum absolute atomic E-state index is 6.42. The molecule has 5 nitrogen and oxygen atoms in total. The molecule has 2 fully saturated rings. The van der Waals surface area contributed by atoms with Gasteiger partial charge < -0.3 is 19.4 Å². The van der Waals surface area contributed by atoms with Crippen molar-refractivity contribution < 1.29 is 9.15 Å². The number of anilines is 1. The molecule has 2 aromatic carbocycles. The predicted molar refractivity (Wildman–Crippen MR) is 146 cm³/mol. The molecular formula is C29H26ClN3O2S. The van der Waals surface area contributed by atoms with Crippen LogP contribution >= 0.6 is 23.8 Å². The van der Waals surface area contributed by atoms with Crippen molar-refractivity contribution in [1.29, 1.82) is 0 Å². The molecule has 182 valence electrons. The first-order chi connectivity index (χ1) is 17.7. The summed E-state index contributed by atoms with van der Waals surface area (Å²) < 4.78 is 12.6. The molecule has 0 bridgehead atoms. The second kappa shape index (κ2) is 9.96. The molecule has 1 saturated heterocycles. The van der Waals surface area contributed by atoms with Gasteiger partial charge in [-0.1, -0.05) is 17.7 Å². The Bertz CT molecular complexity index is 1340. The molecule has 1 aliphatic carbocycles. The molecule has 1 aliphatic heterocycles. The third-order valence-corrected chi connectivity index (χ3v) is 7.43. The van der Waals surface area contributed by atoms with Gasteiger partial charge in [-0.3, -0.25) is 4.98 Å². The SMILES string of the molecule is S=C1NC(c2ccccn2)C(c2ccc(-c3ccc(Cl)cc3)o2)N1c1ccc(OC2CCCC2)cc1. The van der Waals surface area contributed by atoms with Crippen LogP contribution in [-0.4, -0.2) is 16.2 Å². The van der Waals surface area contributed by atoms with Crippen molar-refractivity contribution in [3.8, 4) is 17.1 Å². The van der Waals surface area contributed by atoms with E-state index in [1.165, 1.54) is 12.8 Å². The highest BCUT2D eigenvalue weighted by atomic mass is 35.5. The topological polar surface area (TPSA) is 50.5 Å². The number of benzene rings is 2. The van der Waals surface area contributed by atoms with E-state index < -0.39 is 0 Å². The lowest BCUT2D eigenvalue weighted by Gasteiger charge is -2.26. The molecule has 0 spiro atoms. The summed E-state index contributed by atoms with van der Waals surface area (Å²) in [5, 5.41) is 4.80. The van der Waals surface area contributed by atoms with Crippen LogP contribution in [0.2, 0.25) is 5.02 Å². The Labute approximate surface area is 221 Å². The van der Waals surface area contributed by atoms with Gasteiger partial charge in [-0.15, -0.1) is 0 Å². The molecule has 7 heteroatoms. The largest absolute Gasteiger partial charge is 0.490 e. The Morgan fingerprint density at radius 1 is 0.944 bits per heavy atom. The first kappa shape index (κ1) is 23.1. The van der Waals surface area contributed by atoms with E-state index in [0.29, 0.717) is 16.2 Å². The predicted octanol–water partition coefficient (Wildman–Crippen LogP) is 7.49. The second-order valence-corrected chi connectivity index (χ2v) is 10.0. The van der Waals surface area contributed by atoms with Crippen LogP contribution < -0.4 is 15.0 Å². The van der Waals surface area contributed by atoms with Gasteiger partial charge in [-0.25, -0.2) is 0 Å². The number of nitrogens with zero attached hydrogens (tertiary/aromatic N) is 2. The van der Waals surface area contributed by atoms with Crippen molar-refractivity contribution in [1.82, 2.24) is 10.3 Å². The Hall–Kier alpha value is -3.35. The van der Waals surface area contributed by atoms with E-state index >= 15 is 0 Å². The van der Waals surface area contributed by atoms with E-state index in [2.05, 4.69) is 27.3 Å². The molecule has 3 heterocycles. The summed E-state index contributed by atoms with van der Waals surface area (Å²) in [6, 6.07) is 25.4. The first-order valence-electron chi connectivity index (χ1n) is 12.3. The summed E-state index contributed by atoms with van der Waals surface area (Å²) in [4.78, 5) is 6.73. The van der Waals surface area contributed by atoms with Crippen LogP contribution in [0.5, 0.6) is 5.75 Å². The van der Waals surface area contributed by atoms with Gasteiger partial charge in [-0.05, 0) is 111 Å². The zero-order chi connectivity index (χ0) is 24.5. The average molecular weight is 516 g/mol. The zero-order valence-corrected chi connectivity index (χ0v) is 21.2. The number of nitrogens with one attached hydrogen (secondary N) is 1. The number of furan rings is 1.